The van der Waals surface area contributed by atoms with Crippen LogP contribution < -0.4 is 4.74 Å². The first-order valence-electron chi connectivity index (χ1n) is 5.08. The molecule has 1 aromatic heterocycles. The van der Waals surface area contributed by atoms with Crippen LogP contribution in [0.5, 0.6) is 5.75 Å². The topological polar surface area (TPSA) is 30.3 Å². The normalized spacial score (nSPS) is 23.7. The van der Waals surface area contributed by atoms with Gasteiger partial charge in [0.15, 0.2) is 5.75 Å². The van der Waals surface area contributed by atoms with Crippen LogP contribution in [0.25, 0.3) is 0 Å². The Kier molecular flexibility index (Phi) is 2.72. The lowest BCUT2D eigenvalue weighted by molar-refractivity contribution is 0.104. The van der Waals surface area contributed by atoms with E-state index in [0.29, 0.717) is 6.10 Å². The fourth-order valence-electron chi connectivity index (χ4n) is 1.87. The molecular weight excluding hydrogens is 178 g/mol. The first-order chi connectivity index (χ1) is 6.74. The number of likely N-dealkylation sites (tertiary alicyclic amines) is 1. The molecule has 1 aliphatic rings. The number of rotatable bonds is 2. The molecule has 0 spiro atoms. The molecule has 1 aliphatic heterocycles. The van der Waals surface area contributed by atoms with Gasteiger partial charge in [-0.1, -0.05) is 0 Å². The van der Waals surface area contributed by atoms with Crippen molar-refractivity contribution in [3.05, 3.63) is 12.4 Å². The quantitative estimate of drug-likeness (QED) is 0.702. The van der Waals surface area contributed by atoms with Gasteiger partial charge in [-0.15, -0.1) is 0 Å². The highest BCUT2D eigenvalue weighted by Gasteiger charge is 2.18. The Balaban J connectivity index is 1.90. The van der Waals surface area contributed by atoms with Crippen molar-refractivity contribution in [3.63, 3.8) is 0 Å². The van der Waals surface area contributed by atoms with Crippen LogP contribution in [0, 0.1) is 0 Å². The molecule has 1 fully saturated rings. The average Bonchev–Trinajstić information content (AvgIpc) is 2.51. The predicted octanol–water partition coefficient (Wildman–Crippen LogP) is 0.893. The predicted molar refractivity (Wildman–Crippen MR) is 54.4 cm³/mol. The van der Waals surface area contributed by atoms with Crippen molar-refractivity contribution >= 4 is 0 Å². The first-order valence-corrected chi connectivity index (χ1v) is 5.08. The maximum absolute atomic E-state index is 5.82. The van der Waals surface area contributed by atoms with E-state index < -0.39 is 0 Å². The first kappa shape index (κ1) is 9.52. The standard InChI is InChI=1S/C10H17N3O/c1-12-5-3-4-9(7-12)14-10-6-11-13(2)8-10/h6,8-9H,3-5,7H2,1-2H3. The molecule has 2 rings (SSSR count). The van der Waals surface area contributed by atoms with E-state index in [2.05, 4.69) is 17.0 Å². The molecule has 1 atom stereocenters. The zero-order chi connectivity index (χ0) is 9.97. The van der Waals surface area contributed by atoms with Crippen molar-refractivity contribution < 1.29 is 4.74 Å². The summed E-state index contributed by atoms with van der Waals surface area (Å²) in [7, 11) is 4.04. The Morgan fingerprint density at radius 2 is 2.36 bits per heavy atom. The van der Waals surface area contributed by atoms with Crippen molar-refractivity contribution in [2.75, 3.05) is 20.1 Å². The molecule has 4 nitrogen and oxygen atoms in total. The molecule has 0 aliphatic carbocycles. The minimum atomic E-state index is 0.331. The zero-order valence-corrected chi connectivity index (χ0v) is 8.81. The second-order valence-electron chi connectivity index (χ2n) is 3.99. The summed E-state index contributed by atoms with van der Waals surface area (Å²) in [5.74, 6) is 0.882. The van der Waals surface area contributed by atoms with Gasteiger partial charge in [0.2, 0.25) is 0 Å². The van der Waals surface area contributed by atoms with Crippen LogP contribution in [-0.4, -0.2) is 40.9 Å². The molecule has 1 saturated heterocycles. The van der Waals surface area contributed by atoms with Crippen LogP contribution in [0.1, 0.15) is 12.8 Å². The smallest absolute Gasteiger partial charge is 0.157 e. The Bertz CT molecular complexity index is 297. The fraction of sp³-hybridized carbons (Fsp3) is 0.700. The Morgan fingerprint density at radius 3 is 3.00 bits per heavy atom. The molecule has 0 aromatic carbocycles. The van der Waals surface area contributed by atoms with Crippen LogP contribution in [0.3, 0.4) is 0 Å². The summed E-state index contributed by atoms with van der Waals surface area (Å²) in [5.41, 5.74) is 0. The molecular formula is C10H17N3O. The van der Waals surface area contributed by atoms with Gasteiger partial charge >= 0.3 is 0 Å². The summed E-state index contributed by atoms with van der Waals surface area (Å²) in [5, 5.41) is 4.08. The van der Waals surface area contributed by atoms with Gasteiger partial charge in [-0.3, -0.25) is 4.68 Å². The van der Waals surface area contributed by atoms with E-state index in [-0.39, 0.29) is 0 Å². The third-order valence-electron chi connectivity index (χ3n) is 2.57. The monoisotopic (exact) mass is 195 g/mol. The number of hydrogen-bond acceptors (Lipinski definition) is 3. The van der Waals surface area contributed by atoms with Gasteiger partial charge in [0.25, 0.3) is 0 Å². The zero-order valence-electron chi connectivity index (χ0n) is 8.81. The van der Waals surface area contributed by atoms with Gasteiger partial charge in [-0.2, -0.15) is 5.10 Å². The third kappa shape index (κ3) is 2.26. The Hall–Kier alpha value is -1.03. The Morgan fingerprint density at radius 1 is 1.50 bits per heavy atom. The lowest BCUT2D eigenvalue weighted by atomic mass is 10.1. The van der Waals surface area contributed by atoms with Crippen molar-refractivity contribution in [1.82, 2.24) is 14.7 Å². The minimum Gasteiger partial charge on any atom is -0.486 e. The second kappa shape index (κ2) is 4.00. The number of ether oxygens (including phenoxy) is 1. The van der Waals surface area contributed by atoms with Crippen molar-refractivity contribution in [2.24, 2.45) is 7.05 Å². The molecule has 1 aromatic rings. The summed E-state index contributed by atoms with van der Waals surface area (Å²) in [6, 6.07) is 0. The van der Waals surface area contributed by atoms with Gasteiger partial charge in [-0.25, -0.2) is 0 Å². The molecule has 0 amide bonds. The third-order valence-corrected chi connectivity index (χ3v) is 2.57. The summed E-state index contributed by atoms with van der Waals surface area (Å²) in [6.07, 6.45) is 6.39. The number of hydrogen-bond donors (Lipinski definition) is 0. The van der Waals surface area contributed by atoms with E-state index in [4.69, 9.17) is 4.74 Å². The number of aromatic nitrogens is 2. The van der Waals surface area contributed by atoms with Crippen LogP contribution in [0.2, 0.25) is 0 Å². The van der Waals surface area contributed by atoms with Crippen LogP contribution >= 0.6 is 0 Å². The van der Waals surface area contributed by atoms with Gasteiger partial charge in [0.1, 0.15) is 6.10 Å². The van der Waals surface area contributed by atoms with Crippen LogP contribution in [0.4, 0.5) is 0 Å². The van der Waals surface area contributed by atoms with E-state index in [1.165, 1.54) is 13.0 Å². The highest BCUT2D eigenvalue weighted by molar-refractivity contribution is 5.12. The summed E-state index contributed by atoms with van der Waals surface area (Å²) in [4.78, 5) is 2.31. The molecule has 0 bridgehead atoms. The van der Waals surface area contributed by atoms with Crippen LogP contribution in [-0.2, 0) is 7.05 Å². The highest BCUT2D eigenvalue weighted by atomic mass is 16.5. The maximum Gasteiger partial charge on any atom is 0.157 e. The van der Waals surface area contributed by atoms with Crippen molar-refractivity contribution in [1.29, 1.82) is 0 Å². The molecule has 78 valence electrons. The van der Waals surface area contributed by atoms with Crippen LogP contribution in [0.15, 0.2) is 12.4 Å². The fourth-order valence-corrected chi connectivity index (χ4v) is 1.87. The van der Waals surface area contributed by atoms with E-state index in [9.17, 15) is 0 Å². The van der Waals surface area contributed by atoms with Crippen molar-refractivity contribution in [2.45, 2.75) is 18.9 Å². The lowest BCUT2D eigenvalue weighted by Crippen LogP contribution is -2.38. The molecule has 14 heavy (non-hydrogen) atoms. The average molecular weight is 195 g/mol. The molecule has 0 N–H and O–H groups in total. The summed E-state index contributed by atoms with van der Waals surface area (Å²) >= 11 is 0. The molecule has 0 radical (unpaired) electrons. The van der Waals surface area contributed by atoms with Crippen molar-refractivity contribution in [3.8, 4) is 5.75 Å². The van der Waals surface area contributed by atoms with E-state index in [1.54, 1.807) is 10.9 Å². The van der Waals surface area contributed by atoms with E-state index in [0.717, 1.165) is 18.7 Å². The second-order valence-corrected chi connectivity index (χ2v) is 3.99. The van der Waals surface area contributed by atoms with E-state index >= 15 is 0 Å². The number of piperidine rings is 1. The summed E-state index contributed by atoms with van der Waals surface area (Å²) in [6.45, 7) is 2.21. The number of likely N-dealkylation sites (N-methyl/N-ethyl adjacent to an activating group) is 1. The van der Waals surface area contributed by atoms with Gasteiger partial charge in [-0.05, 0) is 26.4 Å². The minimum absolute atomic E-state index is 0.331. The maximum atomic E-state index is 5.82. The van der Waals surface area contributed by atoms with Gasteiger partial charge < -0.3 is 9.64 Å². The van der Waals surface area contributed by atoms with E-state index in [1.807, 2.05) is 13.2 Å². The number of aryl methyl sites for hydroxylation is 1. The molecule has 1 unspecified atom stereocenters. The largest absolute Gasteiger partial charge is 0.486 e. The lowest BCUT2D eigenvalue weighted by Gasteiger charge is -2.29. The number of nitrogens with zero attached hydrogens (tertiary/aromatic N) is 3. The molecule has 4 heteroatoms. The summed E-state index contributed by atoms with van der Waals surface area (Å²) < 4.78 is 7.59. The highest BCUT2D eigenvalue weighted by Crippen LogP contribution is 2.16. The molecule has 2 heterocycles. The Labute approximate surface area is 84.5 Å². The van der Waals surface area contributed by atoms with Gasteiger partial charge in [0, 0.05) is 13.6 Å². The molecule has 0 saturated carbocycles. The SMILES string of the molecule is CN1CCCC(Oc2cnn(C)c2)C1. The van der Waals surface area contributed by atoms with Gasteiger partial charge in [0.05, 0.1) is 12.4 Å².